The van der Waals surface area contributed by atoms with Crippen LogP contribution in [0.3, 0.4) is 0 Å². The fraction of sp³-hybridized carbons (Fsp3) is 0.588. The largest absolute Gasteiger partial charge is 0.400 e. The number of hydrazine groups is 1. The van der Waals surface area contributed by atoms with E-state index in [9.17, 15) is 0 Å². The zero-order chi connectivity index (χ0) is 17.5. The van der Waals surface area contributed by atoms with E-state index < -0.39 is 0 Å². The number of allylic oxidation sites excluding steroid dienone is 1. The lowest BCUT2D eigenvalue weighted by atomic mass is 9.85. The normalized spacial score (nSPS) is 19.8. The van der Waals surface area contributed by atoms with Gasteiger partial charge >= 0.3 is 0 Å². The number of aliphatic hydroxyl groups is 1. The third kappa shape index (κ3) is 4.59. The minimum atomic E-state index is 0.257. The summed E-state index contributed by atoms with van der Waals surface area (Å²) in [7, 11) is 3.85. The highest BCUT2D eigenvalue weighted by molar-refractivity contribution is 5.86. The van der Waals surface area contributed by atoms with Gasteiger partial charge in [-0.1, -0.05) is 19.3 Å². The molecule has 0 radical (unpaired) electrons. The Morgan fingerprint density at radius 2 is 2.08 bits per heavy atom. The topological polar surface area (TPSA) is 107 Å². The second-order valence-electron chi connectivity index (χ2n) is 6.56. The lowest BCUT2D eigenvalue weighted by Gasteiger charge is -2.28. The van der Waals surface area contributed by atoms with Crippen LogP contribution >= 0.6 is 0 Å². The Morgan fingerprint density at radius 3 is 2.67 bits per heavy atom. The Kier molecular flexibility index (Phi) is 6.84. The van der Waals surface area contributed by atoms with Crippen LogP contribution in [0.4, 0.5) is 5.82 Å². The van der Waals surface area contributed by atoms with Crippen molar-refractivity contribution in [1.82, 2.24) is 14.9 Å². The van der Waals surface area contributed by atoms with Crippen molar-refractivity contribution in [2.75, 3.05) is 27.2 Å². The number of hydrogen-bond donors (Lipinski definition) is 4. The first kappa shape index (κ1) is 18.5. The van der Waals surface area contributed by atoms with Crippen molar-refractivity contribution in [2.45, 2.75) is 32.1 Å². The SMILES string of the molecule is CN(C)CCO.N/C(=C1/c2cc[nH]c2N=CN1N)C1CCCCC1. The molecule has 134 valence electrons. The summed E-state index contributed by atoms with van der Waals surface area (Å²) >= 11 is 0. The fourth-order valence-electron chi connectivity index (χ4n) is 3.09. The number of H-pyrrole nitrogens is 1. The molecule has 3 rings (SSSR count). The molecule has 1 fully saturated rings. The van der Waals surface area contributed by atoms with Gasteiger partial charge in [0.2, 0.25) is 0 Å². The molecule has 24 heavy (non-hydrogen) atoms. The second-order valence-corrected chi connectivity index (χ2v) is 6.56. The molecule has 0 bridgehead atoms. The number of rotatable bonds is 3. The lowest BCUT2D eigenvalue weighted by Crippen LogP contribution is -2.33. The Balaban J connectivity index is 0.000000301. The summed E-state index contributed by atoms with van der Waals surface area (Å²) in [4.78, 5) is 9.27. The van der Waals surface area contributed by atoms with Crippen molar-refractivity contribution >= 4 is 17.9 Å². The summed E-state index contributed by atoms with van der Waals surface area (Å²) in [6.45, 7) is 1.02. The molecule has 1 aliphatic carbocycles. The van der Waals surface area contributed by atoms with E-state index in [0.29, 0.717) is 5.92 Å². The number of aromatic nitrogens is 1. The molecule has 2 aliphatic rings. The number of aliphatic imine (C=N–C) groups is 1. The number of aliphatic hydroxyl groups excluding tert-OH is 1. The molecule has 0 saturated heterocycles. The third-order valence-electron chi connectivity index (χ3n) is 4.42. The van der Waals surface area contributed by atoms with Gasteiger partial charge in [-0.2, -0.15) is 0 Å². The van der Waals surface area contributed by atoms with Crippen LogP contribution in [0.25, 0.3) is 5.70 Å². The molecule has 0 spiro atoms. The Morgan fingerprint density at radius 1 is 1.38 bits per heavy atom. The monoisotopic (exact) mass is 334 g/mol. The molecule has 6 N–H and O–H groups in total. The van der Waals surface area contributed by atoms with Gasteiger partial charge < -0.3 is 20.7 Å². The summed E-state index contributed by atoms with van der Waals surface area (Å²) < 4.78 is 0. The van der Waals surface area contributed by atoms with Crippen LogP contribution in [-0.4, -0.2) is 53.6 Å². The van der Waals surface area contributed by atoms with Gasteiger partial charge in [-0.05, 0) is 33.0 Å². The van der Waals surface area contributed by atoms with Gasteiger partial charge in [0.05, 0.1) is 12.3 Å². The second kappa shape index (κ2) is 8.86. The number of fused-ring (bicyclic) bond motifs is 1. The predicted octanol–water partition coefficient (Wildman–Crippen LogP) is 1.61. The number of nitrogens with two attached hydrogens (primary N) is 2. The minimum absolute atomic E-state index is 0.257. The molecule has 1 aromatic rings. The molecule has 0 atom stereocenters. The fourth-order valence-corrected chi connectivity index (χ4v) is 3.09. The summed E-state index contributed by atoms with van der Waals surface area (Å²) in [5.74, 6) is 7.28. The molecular formula is C17H30N6O. The van der Waals surface area contributed by atoms with Crippen molar-refractivity contribution in [3.8, 4) is 0 Å². The Labute approximate surface area is 144 Å². The molecule has 1 aromatic heterocycles. The molecule has 0 unspecified atom stereocenters. The lowest BCUT2D eigenvalue weighted by molar-refractivity contribution is 0.243. The average Bonchev–Trinajstić information content (AvgIpc) is 3.04. The minimum Gasteiger partial charge on any atom is -0.400 e. The van der Waals surface area contributed by atoms with E-state index in [1.807, 2.05) is 31.3 Å². The van der Waals surface area contributed by atoms with Crippen molar-refractivity contribution in [3.05, 3.63) is 23.5 Å². The summed E-state index contributed by atoms with van der Waals surface area (Å²) in [5, 5.41) is 9.74. The highest BCUT2D eigenvalue weighted by Gasteiger charge is 2.25. The number of nitrogens with one attached hydrogen (secondary N) is 1. The highest BCUT2D eigenvalue weighted by Crippen LogP contribution is 2.36. The number of likely N-dealkylation sites (N-methyl/N-ethyl adjacent to an activating group) is 1. The van der Waals surface area contributed by atoms with E-state index in [0.717, 1.165) is 29.3 Å². The molecule has 0 amide bonds. The van der Waals surface area contributed by atoms with Crippen LogP contribution in [0, 0.1) is 5.92 Å². The van der Waals surface area contributed by atoms with Crippen LogP contribution in [0.2, 0.25) is 0 Å². The van der Waals surface area contributed by atoms with E-state index in [1.54, 1.807) is 11.3 Å². The average molecular weight is 334 g/mol. The van der Waals surface area contributed by atoms with Gasteiger partial charge in [-0.15, -0.1) is 0 Å². The van der Waals surface area contributed by atoms with Crippen LogP contribution in [-0.2, 0) is 0 Å². The quantitative estimate of drug-likeness (QED) is 0.628. The van der Waals surface area contributed by atoms with Crippen LogP contribution in [0.1, 0.15) is 37.7 Å². The van der Waals surface area contributed by atoms with E-state index in [1.165, 1.54) is 32.1 Å². The van der Waals surface area contributed by atoms with Gasteiger partial charge in [0, 0.05) is 29.9 Å². The third-order valence-corrected chi connectivity index (χ3v) is 4.42. The standard InChI is InChI=1S/C13H19N5.C4H11NO/c14-11(9-4-2-1-3-5-9)12-10-6-7-16-13(10)17-8-18(12)15;1-5(2)3-4-6/h6-9,16H,1-5,14-15H2;6H,3-4H2,1-2H3/b12-11-;. The van der Waals surface area contributed by atoms with Crippen molar-refractivity contribution in [3.63, 3.8) is 0 Å². The number of aromatic amines is 1. The van der Waals surface area contributed by atoms with E-state index in [2.05, 4.69) is 9.98 Å². The van der Waals surface area contributed by atoms with E-state index in [-0.39, 0.29) is 6.61 Å². The first-order valence-corrected chi connectivity index (χ1v) is 8.55. The Bertz CT molecular complexity index is 571. The highest BCUT2D eigenvalue weighted by atomic mass is 16.3. The van der Waals surface area contributed by atoms with Gasteiger partial charge in [0.15, 0.2) is 0 Å². The molecule has 0 aromatic carbocycles. The predicted molar refractivity (Wildman–Crippen MR) is 98.3 cm³/mol. The van der Waals surface area contributed by atoms with Gasteiger partial charge in [0.25, 0.3) is 0 Å². The van der Waals surface area contributed by atoms with Gasteiger partial charge in [-0.3, -0.25) is 5.01 Å². The first-order chi connectivity index (χ1) is 11.5. The molecule has 7 heteroatoms. The van der Waals surface area contributed by atoms with Crippen LogP contribution in [0.5, 0.6) is 0 Å². The molecular weight excluding hydrogens is 304 g/mol. The summed E-state index contributed by atoms with van der Waals surface area (Å²) in [5.41, 5.74) is 9.19. The number of nitrogens with zero attached hydrogens (tertiary/aromatic N) is 3. The number of hydrogen-bond acceptors (Lipinski definition) is 6. The van der Waals surface area contributed by atoms with Gasteiger partial charge in [-0.25, -0.2) is 10.8 Å². The van der Waals surface area contributed by atoms with E-state index >= 15 is 0 Å². The molecule has 1 aliphatic heterocycles. The van der Waals surface area contributed by atoms with Crippen LogP contribution < -0.4 is 11.6 Å². The molecule has 1 saturated carbocycles. The van der Waals surface area contributed by atoms with Gasteiger partial charge in [0.1, 0.15) is 12.2 Å². The van der Waals surface area contributed by atoms with Crippen molar-refractivity contribution in [2.24, 2.45) is 22.5 Å². The summed E-state index contributed by atoms with van der Waals surface area (Å²) in [6.07, 6.45) is 9.66. The van der Waals surface area contributed by atoms with Crippen molar-refractivity contribution in [1.29, 1.82) is 0 Å². The zero-order valence-electron chi connectivity index (χ0n) is 14.7. The maximum absolute atomic E-state index is 8.20. The molecule has 7 nitrogen and oxygen atoms in total. The van der Waals surface area contributed by atoms with Crippen LogP contribution in [0.15, 0.2) is 23.0 Å². The Hall–Kier alpha value is -1.83. The first-order valence-electron chi connectivity index (χ1n) is 8.55. The zero-order valence-corrected chi connectivity index (χ0v) is 14.7. The smallest absolute Gasteiger partial charge is 0.141 e. The van der Waals surface area contributed by atoms with Crippen molar-refractivity contribution < 1.29 is 5.11 Å². The van der Waals surface area contributed by atoms with E-state index in [4.69, 9.17) is 16.7 Å². The maximum atomic E-state index is 8.20. The summed E-state index contributed by atoms with van der Waals surface area (Å²) in [6, 6.07) is 1.98. The molecule has 2 heterocycles. The maximum Gasteiger partial charge on any atom is 0.141 e.